The van der Waals surface area contributed by atoms with Crippen molar-refractivity contribution >= 4 is 22.9 Å². The number of hydrogen-bond donors (Lipinski definition) is 2. The molecule has 20 heavy (non-hydrogen) atoms. The number of carbonyl (C=O) groups is 1. The monoisotopic (exact) mass is 287 g/mol. The highest BCUT2D eigenvalue weighted by Crippen LogP contribution is 2.24. The molecule has 4 nitrogen and oxygen atoms in total. The van der Waals surface area contributed by atoms with E-state index in [4.69, 9.17) is 0 Å². The predicted molar refractivity (Wildman–Crippen MR) is 84.0 cm³/mol. The number of rotatable bonds is 6. The van der Waals surface area contributed by atoms with E-state index in [0.717, 1.165) is 22.0 Å². The van der Waals surface area contributed by atoms with E-state index in [2.05, 4.69) is 22.2 Å². The minimum atomic E-state index is -0.0709. The van der Waals surface area contributed by atoms with Crippen molar-refractivity contribution in [3.05, 3.63) is 47.3 Å². The highest BCUT2D eigenvalue weighted by molar-refractivity contribution is 7.09. The molecule has 5 heteroatoms. The molecule has 2 N–H and O–H groups in total. The molecule has 0 bridgehead atoms. The molecular formula is C15H17N3OS. The van der Waals surface area contributed by atoms with E-state index >= 15 is 0 Å². The SMILES string of the molecule is C=CCNCC(=O)Nc1cccc(-c2csc(C)n2)c1. The second-order valence-electron chi connectivity index (χ2n) is 4.30. The van der Waals surface area contributed by atoms with Crippen LogP contribution in [0.1, 0.15) is 5.01 Å². The number of thiazole rings is 1. The van der Waals surface area contributed by atoms with Crippen LogP contribution in [-0.4, -0.2) is 24.0 Å². The van der Waals surface area contributed by atoms with E-state index in [1.807, 2.05) is 36.6 Å². The van der Waals surface area contributed by atoms with Crippen molar-refractivity contribution in [3.8, 4) is 11.3 Å². The molecule has 0 aliphatic heterocycles. The van der Waals surface area contributed by atoms with Crippen LogP contribution in [0.4, 0.5) is 5.69 Å². The largest absolute Gasteiger partial charge is 0.325 e. The Labute approximate surface area is 122 Å². The van der Waals surface area contributed by atoms with Crippen molar-refractivity contribution < 1.29 is 4.79 Å². The molecule has 2 aromatic rings. The number of carbonyl (C=O) groups excluding carboxylic acids is 1. The third-order valence-electron chi connectivity index (χ3n) is 2.64. The number of hydrogen-bond acceptors (Lipinski definition) is 4. The molecule has 2 rings (SSSR count). The summed E-state index contributed by atoms with van der Waals surface area (Å²) in [5, 5.41) is 8.87. The molecule has 0 aliphatic carbocycles. The minimum absolute atomic E-state index is 0.0709. The number of aromatic nitrogens is 1. The number of anilines is 1. The van der Waals surface area contributed by atoms with Crippen molar-refractivity contribution in [2.45, 2.75) is 6.92 Å². The molecule has 0 fully saturated rings. The van der Waals surface area contributed by atoms with Crippen molar-refractivity contribution in [2.24, 2.45) is 0 Å². The summed E-state index contributed by atoms with van der Waals surface area (Å²) >= 11 is 1.61. The number of nitrogens with zero attached hydrogens (tertiary/aromatic N) is 1. The first kappa shape index (κ1) is 14.4. The smallest absolute Gasteiger partial charge is 0.238 e. The van der Waals surface area contributed by atoms with Gasteiger partial charge in [-0.1, -0.05) is 18.2 Å². The van der Waals surface area contributed by atoms with E-state index in [9.17, 15) is 4.79 Å². The summed E-state index contributed by atoms with van der Waals surface area (Å²) in [5.74, 6) is -0.0709. The van der Waals surface area contributed by atoms with E-state index in [-0.39, 0.29) is 12.5 Å². The van der Waals surface area contributed by atoms with Gasteiger partial charge in [-0.15, -0.1) is 17.9 Å². The molecular weight excluding hydrogens is 270 g/mol. The van der Waals surface area contributed by atoms with Crippen LogP contribution in [0.2, 0.25) is 0 Å². The second kappa shape index (κ2) is 6.98. The van der Waals surface area contributed by atoms with Crippen molar-refractivity contribution in [2.75, 3.05) is 18.4 Å². The van der Waals surface area contributed by atoms with Crippen molar-refractivity contribution in [1.29, 1.82) is 0 Å². The topological polar surface area (TPSA) is 54.0 Å². The zero-order chi connectivity index (χ0) is 14.4. The Morgan fingerprint density at radius 2 is 2.35 bits per heavy atom. The number of nitrogens with one attached hydrogen (secondary N) is 2. The lowest BCUT2D eigenvalue weighted by Gasteiger charge is -2.07. The number of aryl methyl sites for hydroxylation is 1. The Kier molecular flexibility index (Phi) is 5.03. The molecule has 0 unspecified atom stereocenters. The molecule has 1 amide bonds. The third-order valence-corrected chi connectivity index (χ3v) is 3.41. The zero-order valence-corrected chi connectivity index (χ0v) is 12.2. The van der Waals surface area contributed by atoms with Crippen LogP contribution in [0, 0.1) is 6.92 Å². The van der Waals surface area contributed by atoms with Gasteiger partial charge < -0.3 is 10.6 Å². The predicted octanol–water partition coefficient (Wildman–Crippen LogP) is 2.83. The van der Waals surface area contributed by atoms with Gasteiger partial charge in [0.2, 0.25) is 5.91 Å². The lowest BCUT2D eigenvalue weighted by atomic mass is 10.1. The summed E-state index contributed by atoms with van der Waals surface area (Å²) in [6.07, 6.45) is 1.72. The van der Waals surface area contributed by atoms with Crippen molar-refractivity contribution in [3.63, 3.8) is 0 Å². The first-order valence-electron chi connectivity index (χ1n) is 6.33. The molecule has 0 atom stereocenters. The van der Waals surface area contributed by atoms with Gasteiger partial charge in [0.1, 0.15) is 0 Å². The molecule has 0 radical (unpaired) electrons. The van der Waals surface area contributed by atoms with Gasteiger partial charge in [-0.05, 0) is 19.1 Å². The third kappa shape index (κ3) is 4.01. The van der Waals surface area contributed by atoms with E-state index in [1.54, 1.807) is 17.4 Å². The average Bonchev–Trinajstić information content (AvgIpc) is 2.86. The molecule has 0 saturated carbocycles. The Morgan fingerprint density at radius 3 is 3.05 bits per heavy atom. The van der Waals surface area contributed by atoms with Gasteiger partial charge in [0.05, 0.1) is 17.2 Å². The van der Waals surface area contributed by atoms with Crippen LogP contribution in [-0.2, 0) is 4.79 Å². The van der Waals surface area contributed by atoms with Gasteiger partial charge in [0.15, 0.2) is 0 Å². The standard InChI is InChI=1S/C15H17N3OS/c1-3-7-16-9-15(19)18-13-6-4-5-12(8-13)14-10-20-11(2)17-14/h3-6,8,10,16H,1,7,9H2,2H3,(H,18,19). The van der Waals surface area contributed by atoms with Gasteiger partial charge in [0.25, 0.3) is 0 Å². The lowest BCUT2D eigenvalue weighted by molar-refractivity contribution is -0.115. The average molecular weight is 287 g/mol. The summed E-state index contributed by atoms with van der Waals surface area (Å²) in [4.78, 5) is 16.2. The summed E-state index contributed by atoms with van der Waals surface area (Å²) in [5.41, 5.74) is 2.72. The van der Waals surface area contributed by atoms with Crippen LogP contribution < -0.4 is 10.6 Å². The molecule has 1 heterocycles. The van der Waals surface area contributed by atoms with Crippen LogP contribution in [0.25, 0.3) is 11.3 Å². The fraction of sp³-hybridized carbons (Fsp3) is 0.200. The number of benzene rings is 1. The molecule has 0 aliphatic rings. The Hall–Kier alpha value is -1.98. The van der Waals surface area contributed by atoms with E-state index in [0.29, 0.717) is 6.54 Å². The molecule has 1 aromatic heterocycles. The van der Waals surface area contributed by atoms with Gasteiger partial charge in [-0.3, -0.25) is 4.79 Å². The fourth-order valence-electron chi connectivity index (χ4n) is 1.75. The maximum Gasteiger partial charge on any atom is 0.238 e. The Bertz CT molecular complexity index is 607. The maximum atomic E-state index is 11.7. The zero-order valence-electron chi connectivity index (χ0n) is 11.3. The highest BCUT2D eigenvalue weighted by atomic mass is 32.1. The summed E-state index contributed by atoms with van der Waals surface area (Å²) in [7, 11) is 0. The summed E-state index contributed by atoms with van der Waals surface area (Å²) < 4.78 is 0. The van der Waals surface area contributed by atoms with Crippen LogP contribution in [0.15, 0.2) is 42.3 Å². The summed E-state index contributed by atoms with van der Waals surface area (Å²) in [6, 6.07) is 7.70. The molecule has 104 valence electrons. The van der Waals surface area contributed by atoms with E-state index in [1.165, 1.54) is 0 Å². The number of amides is 1. The van der Waals surface area contributed by atoms with Crippen LogP contribution >= 0.6 is 11.3 Å². The highest BCUT2D eigenvalue weighted by Gasteiger charge is 2.05. The Morgan fingerprint density at radius 1 is 1.50 bits per heavy atom. The van der Waals surface area contributed by atoms with Crippen molar-refractivity contribution in [1.82, 2.24) is 10.3 Å². The van der Waals surface area contributed by atoms with Crippen LogP contribution in [0.5, 0.6) is 0 Å². The maximum absolute atomic E-state index is 11.7. The molecule has 1 aromatic carbocycles. The van der Waals surface area contributed by atoms with Crippen LogP contribution in [0.3, 0.4) is 0 Å². The first-order valence-corrected chi connectivity index (χ1v) is 7.21. The molecule has 0 spiro atoms. The van der Waals surface area contributed by atoms with E-state index < -0.39 is 0 Å². The lowest BCUT2D eigenvalue weighted by Crippen LogP contribution is -2.28. The summed E-state index contributed by atoms with van der Waals surface area (Å²) in [6.45, 7) is 6.45. The first-order chi connectivity index (χ1) is 9.69. The normalized spacial score (nSPS) is 10.2. The fourth-order valence-corrected chi connectivity index (χ4v) is 2.37. The van der Waals surface area contributed by atoms with Gasteiger partial charge >= 0.3 is 0 Å². The second-order valence-corrected chi connectivity index (χ2v) is 5.36. The van der Waals surface area contributed by atoms with Gasteiger partial charge in [-0.25, -0.2) is 4.98 Å². The quantitative estimate of drug-likeness (QED) is 0.634. The van der Waals surface area contributed by atoms with Gasteiger partial charge in [0, 0.05) is 23.2 Å². The van der Waals surface area contributed by atoms with Gasteiger partial charge in [-0.2, -0.15) is 0 Å². The minimum Gasteiger partial charge on any atom is -0.325 e. The Balaban J connectivity index is 2.02. The molecule has 0 saturated heterocycles.